The maximum atomic E-state index is 13.9. The smallest absolute Gasteiger partial charge is 0.321 e. The number of aromatic nitrogens is 2. The van der Waals surface area contributed by atoms with Crippen molar-refractivity contribution >= 4 is 40.2 Å². The Bertz CT molecular complexity index is 1310. The van der Waals surface area contributed by atoms with Crippen LogP contribution in [0.3, 0.4) is 0 Å². The van der Waals surface area contributed by atoms with E-state index in [1.165, 1.54) is 0 Å². The number of carbonyl (C=O) groups is 2. The molecule has 0 spiro atoms. The Kier molecular flexibility index (Phi) is 5.72. The van der Waals surface area contributed by atoms with E-state index in [0.717, 1.165) is 27.0 Å². The number of imidazole rings is 1. The second-order valence-corrected chi connectivity index (χ2v) is 9.09. The topological polar surface area (TPSA) is 64.4 Å². The number of amides is 1. The summed E-state index contributed by atoms with van der Waals surface area (Å²) in [7, 11) is 0. The first-order valence-electron chi connectivity index (χ1n) is 11.1. The van der Waals surface area contributed by atoms with Crippen molar-refractivity contribution in [3.05, 3.63) is 82.0 Å². The number of thiophene rings is 1. The summed E-state index contributed by atoms with van der Waals surface area (Å²) < 4.78 is 7.48. The van der Waals surface area contributed by atoms with Crippen LogP contribution in [0.4, 0.5) is 5.95 Å². The molecule has 2 atom stereocenters. The monoisotopic (exact) mass is 459 g/mol. The first-order valence-corrected chi connectivity index (χ1v) is 12.0. The average molecular weight is 460 g/mol. The summed E-state index contributed by atoms with van der Waals surface area (Å²) in [4.78, 5) is 34.6. The first kappa shape index (κ1) is 21.4. The highest BCUT2D eigenvalue weighted by atomic mass is 32.1. The summed E-state index contributed by atoms with van der Waals surface area (Å²) in [6, 6.07) is 19.4. The van der Waals surface area contributed by atoms with E-state index in [1.807, 2.05) is 73.0 Å². The van der Waals surface area contributed by atoms with Crippen molar-refractivity contribution in [3.8, 4) is 0 Å². The van der Waals surface area contributed by atoms with Crippen molar-refractivity contribution in [2.45, 2.75) is 26.3 Å². The molecule has 0 fully saturated rings. The molecule has 0 N–H and O–H groups in total. The van der Waals surface area contributed by atoms with Gasteiger partial charge in [-0.15, -0.1) is 11.3 Å². The van der Waals surface area contributed by atoms with Crippen LogP contribution < -0.4 is 4.90 Å². The Morgan fingerprint density at radius 1 is 1.09 bits per heavy atom. The predicted molar refractivity (Wildman–Crippen MR) is 130 cm³/mol. The second kappa shape index (κ2) is 8.83. The Balaban J connectivity index is 1.68. The molecule has 0 radical (unpaired) electrons. The number of benzene rings is 2. The van der Waals surface area contributed by atoms with Crippen molar-refractivity contribution in [1.29, 1.82) is 0 Å². The third kappa shape index (κ3) is 3.72. The lowest BCUT2D eigenvalue weighted by Crippen LogP contribution is -2.50. The number of para-hydroxylation sites is 2. The van der Waals surface area contributed by atoms with Gasteiger partial charge in [0.1, 0.15) is 0 Å². The van der Waals surface area contributed by atoms with Crippen LogP contribution in [0, 0.1) is 12.8 Å². The van der Waals surface area contributed by atoms with Gasteiger partial charge in [-0.1, -0.05) is 42.5 Å². The summed E-state index contributed by atoms with van der Waals surface area (Å²) in [5, 5.41) is 2.00. The number of nitrogens with zero attached hydrogens (tertiary/aromatic N) is 3. The fourth-order valence-electron chi connectivity index (χ4n) is 4.56. The lowest BCUT2D eigenvalue weighted by molar-refractivity contribution is -0.153. The van der Waals surface area contributed by atoms with Crippen molar-refractivity contribution in [2.24, 2.45) is 5.92 Å². The Labute approximate surface area is 196 Å². The van der Waals surface area contributed by atoms with E-state index in [0.29, 0.717) is 18.9 Å². The van der Waals surface area contributed by atoms with Gasteiger partial charge in [0.2, 0.25) is 11.9 Å². The number of rotatable bonds is 6. The minimum atomic E-state index is -0.969. The van der Waals surface area contributed by atoms with E-state index >= 15 is 0 Å². The minimum Gasteiger partial charge on any atom is -0.465 e. The molecule has 0 bridgehead atoms. The molecule has 3 heterocycles. The first-order chi connectivity index (χ1) is 16.1. The van der Waals surface area contributed by atoms with Gasteiger partial charge in [0, 0.05) is 11.4 Å². The Hall–Kier alpha value is -3.45. The zero-order chi connectivity index (χ0) is 22.9. The zero-order valence-electron chi connectivity index (χ0n) is 18.6. The van der Waals surface area contributed by atoms with Gasteiger partial charge in [-0.2, -0.15) is 0 Å². The van der Waals surface area contributed by atoms with Crippen LogP contribution in [0.1, 0.15) is 29.0 Å². The standard InChI is InChI=1S/C26H25N3O3S/c1-3-32-25(31)21-22(23-17(2)14-16-33-23)29-20-12-8-7-11-19(20)27-26(29)28(24(21)30)15-13-18-9-5-4-6-10-18/h4-12,14,16,21-22H,3,13,15H2,1-2H3/t21-,22+/m0/s1. The lowest BCUT2D eigenvalue weighted by atomic mass is 9.92. The van der Waals surface area contributed by atoms with Gasteiger partial charge in [-0.05, 0) is 55.0 Å². The Morgan fingerprint density at radius 3 is 2.58 bits per heavy atom. The highest BCUT2D eigenvalue weighted by molar-refractivity contribution is 7.10. The molecule has 0 saturated carbocycles. The van der Waals surface area contributed by atoms with Gasteiger partial charge in [-0.3, -0.25) is 19.1 Å². The molecule has 2 aromatic heterocycles. The van der Waals surface area contributed by atoms with Crippen LogP contribution in [0.2, 0.25) is 0 Å². The molecule has 7 heteroatoms. The van der Waals surface area contributed by atoms with Crippen molar-refractivity contribution in [2.75, 3.05) is 18.1 Å². The summed E-state index contributed by atoms with van der Waals surface area (Å²) in [6.07, 6.45) is 0.661. The molecule has 1 amide bonds. The molecule has 4 aromatic rings. The molecule has 0 unspecified atom stereocenters. The van der Waals surface area contributed by atoms with Gasteiger partial charge < -0.3 is 4.74 Å². The van der Waals surface area contributed by atoms with Crippen LogP contribution in [-0.2, 0) is 20.7 Å². The van der Waals surface area contributed by atoms with Gasteiger partial charge in [0.15, 0.2) is 5.92 Å². The van der Waals surface area contributed by atoms with E-state index in [-0.39, 0.29) is 12.5 Å². The van der Waals surface area contributed by atoms with E-state index in [9.17, 15) is 9.59 Å². The Morgan fingerprint density at radius 2 is 1.85 bits per heavy atom. The maximum Gasteiger partial charge on any atom is 0.321 e. The second-order valence-electron chi connectivity index (χ2n) is 8.14. The molecular weight excluding hydrogens is 434 g/mol. The predicted octanol–water partition coefficient (Wildman–Crippen LogP) is 4.76. The molecule has 0 aliphatic carbocycles. The van der Waals surface area contributed by atoms with E-state index < -0.39 is 17.9 Å². The zero-order valence-corrected chi connectivity index (χ0v) is 19.4. The molecule has 0 saturated heterocycles. The molecule has 5 rings (SSSR count). The van der Waals surface area contributed by atoms with Crippen LogP contribution in [0.25, 0.3) is 11.0 Å². The molecule has 33 heavy (non-hydrogen) atoms. The quantitative estimate of drug-likeness (QED) is 0.308. The highest BCUT2D eigenvalue weighted by Gasteiger charge is 2.48. The molecule has 2 aromatic carbocycles. The molecule has 168 valence electrons. The summed E-state index contributed by atoms with van der Waals surface area (Å²) in [5.41, 5.74) is 3.87. The van der Waals surface area contributed by atoms with Gasteiger partial charge in [0.05, 0.1) is 23.7 Å². The molecule has 6 nitrogen and oxygen atoms in total. The molecular formula is C26H25N3O3S. The van der Waals surface area contributed by atoms with Crippen LogP contribution in [0.15, 0.2) is 66.0 Å². The van der Waals surface area contributed by atoms with Gasteiger partial charge in [-0.25, -0.2) is 4.98 Å². The minimum absolute atomic E-state index is 0.223. The SMILES string of the molecule is CCOC(=O)[C@@H]1C(=O)N(CCc2ccccc2)c2nc3ccccc3n2[C@H]1c1sccc1C. The number of fused-ring (bicyclic) bond motifs is 3. The summed E-state index contributed by atoms with van der Waals surface area (Å²) in [6.45, 7) is 4.43. The molecule has 1 aliphatic heterocycles. The van der Waals surface area contributed by atoms with Crippen molar-refractivity contribution < 1.29 is 14.3 Å². The van der Waals surface area contributed by atoms with Crippen LogP contribution >= 0.6 is 11.3 Å². The van der Waals surface area contributed by atoms with E-state index in [2.05, 4.69) is 4.57 Å². The fraction of sp³-hybridized carbons (Fsp3) is 0.269. The average Bonchev–Trinajstić information content (AvgIpc) is 3.42. The molecule has 1 aliphatic rings. The van der Waals surface area contributed by atoms with Crippen molar-refractivity contribution in [3.63, 3.8) is 0 Å². The lowest BCUT2D eigenvalue weighted by Gasteiger charge is -2.37. The normalized spacial score (nSPS) is 17.9. The van der Waals surface area contributed by atoms with E-state index in [4.69, 9.17) is 9.72 Å². The van der Waals surface area contributed by atoms with E-state index in [1.54, 1.807) is 23.2 Å². The van der Waals surface area contributed by atoms with Gasteiger partial charge in [0.25, 0.3) is 0 Å². The third-order valence-corrected chi connectivity index (χ3v) is 7.21. The maximum absolute atomic E-state index is 13.9. The summed E-state index contributed by atoms with van der Waals surface area (Å²) >= 11 is 1.56. The van der Waals surface area contributed by atoms with Crippen LogP contribution in [0.5, 0.6) is 0 Å². The number of hydrogen-bond acceptors (Lipinski definition) is 5. The number of aryl methyl sites for hydroxylation is 1. The largest absolute Gasteiger partial charge is 0.465 e. The van der Waals surface area contributed by atoms with Crippen LogP contribution in [-0.4, -0.2) is 34.6 Å². The number of esters is 1. The highest BCUT2D eigenvalue weighted by Crippen LogP contribution is 2.43. The fourth-order valence-corrected chi connectivity index (χ4v) is 5.61. The van der Waals surface area contributed by atoms with Crippen molar-refractivity contribution in [1.82, 2.24) is 9.55 Å². The number of carbonyl (C=O) groups excluding carboxylic acids is 2. The summed E-state index contributed by atoms with van der Waals surface area (Å²) in [5.74, 6) is -1.14. The number of ether oxygens (including phenoxy) is 1. The third-order valence-electron chi connectivity index (χ3n) is 6.12. The number of hydrogen-bond donors (Lipinski definition) is 0. The van der Waals surface area contributed by atoms with Gasteiger partial charge >= 0.3 is 5.97 Å². The number of anilines is 1.